The molecule has 0 radical (unpaired) electrons. The first kappa shape index (κ1) is 23.9. The number of hydrogen-bond donors (Lipinski definition) is 2. The number of aryl methyl sites for hydroxylation is 2. The summed E-state index contributed by atoms with van der Waals surface area (Å²) in [6.45, 7) is 7.71. The number of phenols is 1. The van der Waals surface area contributed by atoms with Gasteiger partial charge in [-0.25, -0.2) is 4.99 Å². The van der Waals surface area contributed by atoms with Gasteiger partial charge in [-0.05, 0) is 80.4 Å². The standard InChI is InChI=1S/C28H28N2O5/c1-6-34-26-15-20(19-7-12-24(32)25(14-19)33-5)13-23(27-16(2)35-17(3)28(26)27)30-22-10-8-21(9-11-22)29-18(4)31/h7-15,32H,6H2,1-5H3,(H,29,31). The predicted octanol–water partition coefficient (Wildman–Crippen LogP) is 6.02. The zero-order chi connectivity index (χ0) is 25.1. The Kier molecular flexibility index (Phi) is 6.78. The molecule has 0 aliphatic carbocycles. The molecular formula is C28H28N2O5. The number of rotatable bonds is 6. The molecule has 1 aromatic heterocycles. The summed E-state index contributed by atoms with van der Waals surface area (Å²) in [5.74, 6) is 2.46. The third-order valence-corrected chi connectivity index (χ3v) is 5.59. The first-order valence-electron chi connectivity index (χ1n) is 11.3. The minimum absolute atomic E-state index is 0.0648. The van der Waals surface area contributed by atoms with Gasteiger partial charge >= 0.3 is 0 Å². The van der Waals surface area contributed by atoms with Crippen LogP contribution in [0, 0.1) is 13.8 Å². The maximum atomic E-state index is 11.4. The van der Waals surface area contributed by atoms with Crippen molar-refractivity contribution in [2.24, 2.45) is 4.99 Å². The number of phenolic OH excluding ortho intramolecular Hbond substituents is 1. The van der Waals surface area contributed by atoms with Crippen molar-refractivity contribution < 1.29 is 23.8 Å². The number of benzene rings is 2. The summed E-state index contributed by atoms with van der Waals surface area (Å²) in [4.78, 5) is 16.3. The Balaban J connectivity index is 2.03. The highest BCUT2D eigenvalue weighted by molar-refractivity contribution is 5.93. The Bertz CT molecular complexity index is 1470. The predicted molar refractivity (Wildman–Crippen MR) is 136 cm³/mol. The number of ether oxygens (including phenoxy) is 2. The van der Waals surface area contributed by atoms with E-state index < -0.39 is 0 Å². The molecule has 0 unspecified atom stereocenters. The van der Waals surface area contributed by atoms with Crippen molar-refractivity contribution in [2.45, 2.75) is 27.7 Å². The molecule has 2 N–H and O–H groups in total. The first-order valence-corrected chi connectivity index (χ1v) is 11.3. The summed E-state index contributed by atoms with van der Waals surface area (Å²) in [7, 11) is 1.52. The van der Waals surface area contributed by atoms with Gasteiger partial charge in [-0.3, -0.25) is 4.79 Å². The van der Waals surface area contributed by atoms with Crippen molar-refractivity contribution in [3.8, 4) is 28.4 Å². The van der Waals surface area contributed by atoms with E-state index in [1.807, 2.05) is 63.2 Å². The molecule has 0 spiro atoms. The summed E-state index contributed by atoms with van der Waals surface area (Å²) in [5, 5.41) is 15.3. The molecule has 4 rings (SSSR count). The topological polar surface area (TPSA) is 93.3 Å². The van der Waals surface area contributed by atoms with E-state index in [9.17, 15) is 9.90 Å². The molecule has 0 saturated heterocycles. The fraction of sp³-hybridized carbons (Fsp3) is 0.214. The Morgan fingerprint density at radius 3 is 2.31 bits per heavy atom. The number of anilines is 1. The number of nitrogens with zero attached hydrogens (tertiary/aromatic N) is 1. The van der Waals surface area contributed by atoms with Gasteiger partial charge < -0.3 is 24.3 Å². The number of nitrogens with one attached hydrogen (secondary N) is 1. The molecule has 1 amide bonds. The number of carbonyl (C=O) groups excluding carboxylic acids is 1. The van der Waals surface area contributed by atoms with E-state index in [1.54, 1.807) is 12.1 Å². The number of aromatic hydroxyl groups is 1. The summed E-state index contributed by atoms with van der Waals surface area (Å²) in [5.41, 5.74) is 3.10. The van der Waals surface area contributed by atoms with Gasteiger partial charge in [0.15, 0.2) is 11.5 Å². The van der Waals surface area contributed by atoms with E-state index in [4.69, 9.17) is 18.9 Å². The molecule has 35 heavy (non-hydrogen) atoms. The molecule has 3 aromatic carbocycles. The zero-order valence-electron chi connectivity index (χ0n) is 20.4. The highest BCUT2D eigenvalue weighted by Gasteiger charge is 2.16. The monoisotopic (exact) mass is 472 g/mol. The maximum Gasteiger partial charge on any atom is 0.221 e. The molecule has 0 atom stereocenters. The number of carbonyl (C=O) groups is 1. The van der Waals surface area contributed by atoms with Crippen LogP contribution in [-0.4, -0.2) is 24.7 Å². The largest absolute Gasteiger partial charge is 0.504 e. The van der Waals surface area contributed by atoms with Gasteiger partial charge in [-0.15, -0.1) is 0 Å². The summed E-state index contributed by atoms with van der Waals surface area (Å²) in [6, 6.07) is 16.4. The van der Waals surface area contributed by atoms with Crippen molar-refractivity contribution in [3.63, 3.8) is 0 Å². The van der Waals surface area contributed by atoms with Crippen molar-refractivity contribution in [1.29, 1.82) is 0 Å². The first-order chi connectivity index (χ1) is 16.8. The van der Waals surface area contributed by atoms with E-state index in [-0.39, 0.29) is 11.7 Å². The van der Waals surface area contributed by atoms with Crippen molar-refractivity contribution in [1.82, 2.24) is 0 Å². The number of furan rings is 1. The van der Waals surface area contributed by atoms with E-state index in [1.165, 1.54) is 14.0 Å². The SMILES string of the molecule is CCOc1cc(-c2ccc(O)c(OC)c2)cc(=Nc2ccc(NC(C)=O)cc2)c2c(C)oc(C)c12. The van der Waals surface area contributed by atoms with Crippen LogP contribution in [-0.2, 0) is 4.79 Å². The normalized spacial score (nSPS) is 11.5. The second kappa shape index (κ2) is 9.93. The Morgan fingerprint density at radius 1 is 0.971 bits per heavy atom. The van der Waals surface area contributed by atoms with Crippen LogP contribution >= 0.6 is 0 Å². The number of hydrogen-bond acceptors (Lipinski definition) is 6. The van der Waals surface area contributed by atoms with Gasteiger partial charge in [0.25, 0.3) is 0 Å². The lowest BCUT2D eigenvalue weighted by atomic mass is 10.1. The minimum Gasteiger partial charge on any atom is -0.504 e. The number of amides is 1. The lowest BCUT2D eigenvalue weighted by Gasteiger charge is -2.07. The van der Waals surface area contributed by atoms with Crippen LogP contribution in [0.5, 0.6) is 17.2 Å². The average Bonchev–Trinajstić information content (AvgIpc) is 3.01. The lowest BCUT2D eigenvalue weighted by molar-refractivity contribution is -0.114. The van der Waals surface area contributed by atoms with Crippen molar-refractivity contribution in [2.75, 3.05) is 19.0 Å². The third-order valence-electron chi connectivity index (χ3n) is 5.59. The fourth-order valence-corrected chi connectivity index (χ4v) is 4.11. The van der Waals surface area contributed by atoms with E-state index >= 15 is 0 Å². The third kappa shape index (κ3) is 4.99. The second-order valence-corrected chi connectivity index (χ2v) is 8.12. The second-order valence-electron chi connectivity index (χ2n) is 8.12. The minimum atomic E-state index is -0.131. The van der Waals surface area contributed by atoms with Crippen LogP contribution in [0.25, 0.3) is 21.9 Å². The van der Waals surface area contributed by atoms with E-state index in [0.717, 1.165) is 39.1 Å². The van der Waals surface area contributed by atoms with Gasteiger partial charge in [-0.2, -0.15) is 0 Å². The van der Waals surface area contributed by atoms with Crippen LogP contribution in [0.15, 0.2) is 64.0 Å². The van der Waals surface area contributed by atoms with Crippen LogP contribution in [0.2, 0.25) is 0 Å². The quantitative estimate of drug-likeness (QED) is 0.358. The van der Waals surface area contributed by atoms with Gasteiger partial charge in [-0.1, -0.05) is 6.07 Å². The maximum absolute atomic E-state index is 11.4. The molecule has 7 nitrogen and oxygen atoms in total. The van der Waals surface area contributed by atoms with Crippen LogP contribution < -0.4 is 20.1 Å². The summed E-state index contributed by atoms with van der Waals surface area (Å²) in [6.07, 6.45) is 0. The molecule has 0 saturated carbocycles. The molecule has 1 heterocycles. The Morgan fingerprint density at radius 2 is 1.66 bits per heavy atom. The summed E-state index contributed by atoms with van der Waals surface area (Å²) < 4.78 is 17.4. The Labute approximate surface area is 203 Å². The van der Waals surface area contributed by atoms with E-state index in [0.29, 0.717) is 29.2 Å². The molecule has 180 valence electrons. The average molecular weight is 473 g/mol. The molecule has 0 bridgehead atoms. The molecule has 0 aliphatic rings. The number of methoxy groups -OCH3 is 1. The highest BCUT2D eigenvalue weighted by atomic mass is 16.5. The van der Waals surface area contributed by atoms with Crippen LogP contribution in [0.4, 0.5) is 11.4 Å². The zero-order valence-corrected chi connectivity index (χ0v) is 20.4. The van der Waals surface area contributed by atoms with Crippen LogP contribution in [0.3, 0.4) is 0 Å². The fourth-order valence-electron chi connectivity index (χ4n) is 4.11. The van der Waals surface area contributed by atoms with Gasteiger partial charge in [0, 0.05) is 12.6 Å². The molecule has 0 fully saturated rings. The molecule has 0 aliphatic heterocycles. The van der Waals surface area contributed by atoms with Gasteiger partial charge in [0.05, 0.1) is 35.5 Å². The summed E-state index contributed by atoms with van der Waals surface area (Å²) >= 11 is 0. The number of fused-ring (bicyclic) bond motifs is 1. The van der Waals surface area contributed by atoms with E-state index in [2.05, 4.69) is 5.32 Å². The van der Waals surface area contributed by atoms with Gasteiger partial charge in [0.1, 0.15) is 17.3 Å². The highest BCUT2D eigenvalue weighted by Crippen LogP contribution is 2.36. The smallest absolute Gasteiger partial charge is 0.221 e. The van der Waals surface area contributed by atoms with Crippen molar-refractivity contribution in [3.05, 3.63) is 71.5 Å². The molecule has 4 aromatic rings. The molecular weight excluding hydrogens is 444 g/mol. The van der Waals surface area contributed by atoms with Crippen molar-refractivity contribution >= 4 is 28.1 Å². The van der Waals surface area contributed by atoms with Gasteiger partial charge in [0.2, 0.25) is 5.91 Å². The lowest BCUT2D eigenvalue weighted by Crippen LogP contribution is -2.05. The molecule has 7 heteroatoms. The van der Waals surface area contributed by atoms with Crippen LogP contribution in [0.1, 0.15) is 25.4 Å². The Hall–Kier alpha value is -4.26.